The minimum Gasteiger partial charge on any atom is -0.487 e. The molecule has 6 heteroatoms. The summed E-state index contributed by atoms with van der Waals surface area (Å²) < 4.78 is 5.26. The molecule has 0 fully saturated rings. The van der Waals surface area contributed by atoms with Crippen molar-refractivity contribution in [3.05, 3.63) is 32.8 Å². The van der Waals surface area contributed by atoms with Gasteiger partial charge in [-0.25, -0.2) is 0 Å². The van der Waals surface area contributed by atoms with E-state index in [1.54, 1.807) is 6.07 Å². The number of hydrogen-bond acceptors (Lipinski definition) is 4. The van der Waals surface area contributed by atoms with Gasteiger partial charge in [-0.3, -0.25) is 10.1 Å². The molecule has 1 aliphatic heterocycles. The minimum atomic E-state index is -0.511. The normalized spacial score (nSPS) is 19.2. The first-order chi connectivity index (χ1) is 7.09. The van der Waals surface area contributed by atoms with E-state index in [0.29, 0.717) is 23.6 Å². The van der Waals surface area contributed by atoms with Crippen molar-refractivity contribution in [2.24, 2.45) is 5.73 Å². The number of nitro groups is 1. The van der Waals surface area contributed by atoms with E-state index >= 15 is 0 Å². The zero-order valence-corrected chi connectivity index (χ0v) is 8.53. The first-order valence-electron chi connectivity index (χ1n) is 4.46. The molecule has 0 saturated heterocycles. The molecule has 1 aromatic carbocycles. The number of benzene rings is 1. The second kappa shape index (κ2) is 3.67. The third kappa shape index (κ3) is 1.75. The van der Waals surface area contributed by atoms with Crippen LogP contribution in [0.25, 0.3) is 0 Å². The van der Waals surface area contributed by atoms with Gasteiger partial charge in [-0.1, -0.05) is 11.6 Å². The number of hydrogen-bond donors (Lipinski definition) is 1. The Hall–Kier alpha value is -1.33. The summed E-state index contributed by atoms with van der Waals surface area (Å²) in [5, 5.41) is 11.1. The summed E-state index contributed by atoms with van der Waals surface area (Å²) in [5.41, 5.74) is 6.32. The highest BCUT2D eigenvalue weighted by atomic mass is 35.5. The number of halogens is 1. The molecular weight excluding hydrogens is 220 g/mol. The first-order valence-corrected chi connectivity index (χ1v) is 4.83. The lowest BCUT2D eigenvalue weighted by atomic mass is 10.0. The maximum atomic E-state index is 10.8. The van der Waals surface area contributed by atoms with Gasteiger partial charge in [0.2, 0.25) is 5.75 Å². The fourth-order valence-corrected chi connectivity index (χ4v) is 1.83. The Morgan fingerprint density at radius 1 is 1.60 bits per heavy atom. The zero-order valence-electron chi connectivity index (χ0n) is 7.77. The Balaban J connectivity index is 2.62. The maximum Gasteiger partial charge on any atom is 0.312 e. The summed E-state index contributed by atoms with van der Waals surface area (Å²) in [5.74, 6) is 0.253. The van der Waals surface area contributed by atoms with E-state index in [0.717, 1.165) is 0 Å². The van der Waals surface area contributed by atoms with Gasteiger partial charge in [0.05, 0.1) is 11.5 Å². The molecule has 2 N–H and O–H groups in total. The van der Waals surface area contributed by atoms with E-state index in [-0.39, 0.29) is 17.5 Å². The Morgan fingerprint density at radius 2 is 2.33 bits per heavy atom. The van der Waals surface area contributed by atoms with Gasteiger partial charge in [-0.15, -0.1) is 0 Å². The Kier molecular flexibility index (Phi) is 2.50. The maximum absolute atomic E-state index is 10.8. The van der Waals surface area contributed by atoms with E-state index in [1.165, 1.54) is 6.07 Å². The molecule has 1 aliphatic rings. The molecule has 5 nitrogen and oxygen atoms in total. The summed E-state index contributed by atoms with van der Waals surface area (Å²) in [6.45, 7) is 0.399. The van der Waals surface area contributed by atoms with Crippen LogP contribution in [0.3, 0.4) is 0 Å². The first kappa shape index (κ1) is 10.2. The largest absolute Gasteiger partial charge is 0.487 e. The van der Waals surface area contributed by atoms with Crippen molar-refractivity contribution in [2.75, 3.05) is 6.61 Å². The number of fused-ring (bicyclic) bond motifs is 1. The molecule has 2 rings (SSSR count). The molecule has 1 heterocycles. The van der Waals surface area contributed by atoms with Crippen LogP contribution in [0.2, 0.25) is 5.02 Å². The molecule has 0 bridgehead atoms. The van der Waals surface area contributed by atoms with E-state index < -0.39 is 4.92 Å². The van der Waals surface area contributed by atoms with Crippen LogP contribution in [0.15, 0.2) is 12.1 Å². The molecule has 0 unspecified atom stereocenters. The van der Waals surface area contributed by atoms with Crippen LogP contribution in [0.4, 0.5) is 5.69 Å². The Bertz CT molecular complexity index is 422. The monoisotopic (exact) mass is 228 g/mol. The van der Waals surface area contributed by atoms with E-state index in [4.69, 9.17) is 22.1 Å². The van der Waals surface area contributed by atoms with Gasteiger partial charge in [-0.05, 0) is 6.07 Å². The summed E-state index contributed by atoms with van der Waals surface area (Å²) in [4.78, 5) is 10.2. The van der Waals surface area contributed by atoms with Gasteiger partial charge in [-0.2, -0.15) is 0 Å². The zero-order chi connectivity index (χ0) is 11.0. The van der Waals surface area contributed by atoms with Crippen molar-refractivity contribution < 1.29 is 9.66 Å². The summed E-state index contributed by atoms with van der Waals surface area (Å²) in [6, 6.07) is 2.65. The average molecular weight is 229 g/mol. The van der Waals surface area contributed by atoms with Crippen molar-refractivity contribution in [2.45, 2.75) is 12.5 Å². The number of ether oxygens (including phenoxy) is 1. The van der Waals surface area contributed by atoms with E-state index in [1.807, 2.05) is 0 Å². The van der Waals surface area contributed by atoms with Crippen LogP contribution in [0, 0.1) is 10.1 Å². The summed E-state index contributed by atoms with van der Waals surface area (Å²) in [7, 11) is 0. The number of nitrogens with two attached hydrogens (primary N) is 1. The third-order valence-corrected chi connectivity index (χ3v) is 2.55. The van der Waals surface area contributed by atoms with Gasteiger partial charge >= 0.3 is 5.69 Å². The standard InChI is InChI=1S/C9H9ClN2O3/c10-5-3-6-7(11)1-2-15-9(6)8(4-5)12(13)14/h3-4,7H,1-2,11H2/t7-/m0/s1. The molecule has 0 spiro atoms. The van der Waals surface area contributed by atoms with Crippen LogP contribution in [-0.4, -0.2) is 11.5 Å². The van der Waals surface area contributed by atoms with Crippen molar-refractivity contribution in [3.63, 3.8) is 0 Å². The predicted octanol–water partition coefficient (Wildman–Crippen LogP) is 2.03. The highest BCUT2D eigenvalue weighted by Crippen LogP contribution is 2.40. The van der Waals surface area contributed by atoms with E-state index in [2.05, 4.69) is 0 Å². The van der Waals surface area contributed by atoms with Crippen LogP contribution >= 0.6 is 11.6 Å². The van der Waals surface area contributed by atoms with Gasteiger partial charge in [0, 0.05) is 29.1 Å². The number of nitrogens with zero attached hydrogens (tertiary/aromatic N) is 1. The van der Waals surface area contributed by atoms with Gasteiger partial charge in [0.15, 0.2) is 0 Å². The van der Waals surface area contributed by atoms with Gasteiger partial charge < -0.3 is 10.5 Å². The van der Waals surface area contributed by atoms with Crippen LogP contribution in [-0.2, 0) is 0 Å². The molecule has 0 aliphatic carbocycles. The molecule has 1 aromatic rings. The second-order valence-electron chi connectivity index (χ2n) is 3.34. The van der Waals surface area contributed by atoms with Crippen molar-refractivity contribution in [1.29, 1.82) is 0 Å². The fourth-order valence-electron chi connectivity index (χ4n) is 1.61. The average Bonchev–Trinajstić information content (AvgIpc) is 2.18. The highest BCUT2D eigenvalue weighted by Gasteiger charge is 2.27. The number of rotatable bonds is 1. The molecule has 1 atom stereocenters. The van der Waals surface area contributed by atoms with Crippen molar-refractivity contribution in [3.8, 4) is 5.75 Å². The van der Waals surface area contributed by atoms with Gasteiger partial charge in [0.25, 0.3) is 0 Å². The third-order valence-electron chi connectivity index (χ3n) is 2.33. The molecule has 80 valence electrons. The molecular formula is C9H9ClN2O3. The minimum absolute atomic E-state index is 0.118. The lowest BCUT2D eigenvalue weighted by Gasteiger charge is -2.22. The summed E-state index contributed by atoms with van der Waals surface area (Å²) in [6.07, 6.45) is 0.643. The van der Waals surface area contributed by atoms with Crippen LogP contribution in [0.5, 0.6) is 5.75 Å². The molecule has 0 aromatic heterocycles. The molecule has 0 radical (unpaired) electrons. The smallest absolute Gasteiger partial charge is 0.312 e. The lowest BCUT2D eigenvalue weighted by Crippen LogP contribution is -2.21. The van der Waals surface area contributed by atoms with Crippen molar-refractivity contribution >= 4 is 17.3 Å². The molecule has 0 saturated carbocycles. The Labute approximate surface area is 90.9 Å². The quantitative estimate of drug-likeness (QED) is 0.589. The number of nitro benzene ring substituents is 1. The SMILES string of the molecule is N[C@H]1CCOc2c1cc(Cl)cc2[N+](=O)[O-]. The Morgan fingerprint density at radius 3 is 3.00 bits per heavy atom. The second-order valence-corrected chi connectivity index (χ2v) is 3.78. The molecule has 15 heavy (non-hydrogen) atoms. The topological polar surface area (TPSA) is 78.4 Å². The molecule has 0 amide bonds. The predicted molar refractivity (Wildman–Crippen MR) is 55.1 cm³/mol. The van der Waals surface area contributed by atoms with Gasteiger partial charge in [0.1, 0.15) is 0 Å². The van der Waals surface area contributed by atoms with E-state index in [9.17, 15) is 10.1 Å². The fraction of sp³-hybridized carbons (Fsp3) is 0.333. The van der Waals surface area contributed by atoms with Crippen LogP contribution < -0.4 is 10.5 Å². The van der Waals surface area contributed by atoms with Crippen LogP contribution in [0.1, 0.15) is 18.0 Å². The highest BCUT2D eigenvalue weighted by molar-refractivity contribution is 6.31. The lowest BCUT2D eigenvalue weighted by molar-refractivity contribution is -0.386. The van der Waals surface area contributed by atoms with Crippen molar-refractivity contribution in [1.82, 2.24) is 0 Å². The summed E-state index contributed by atoms with van der Waals surface area (Å²) >= 11 is 5.78.